The summed E-state index contributed by atoms with van der Waals surface area (Å²) < 4.78 is 0. The van der Waals surface area contributed by atoms with E-state index < -0.39 is 0 Å². The summed E-state index contributed by atoms with van der Waals surface area (Å²) in [5.41, 5.74) is 1.03. The van der Waals surface area contributed by atoms with E-state index in [0.717, 1.165) is 18.2 Å². The third kappa shape index (κ3) is 3.96. The zero-order valence-electron chi connectivity index (χ0n) is 12.9. The van der Waals surface area contributed by atoms with Crippen LogP contribution < -0.4 is 0 Å². The molecule has 0 amide bonds. The van der Waals surface area contributed by atoms with Gasteiger partial charge in [0, 0.05) is 18.0 Å². The van der Waals surface area contributed by atoms with Gasteiger partial charge in [-0.1, -0.05) is 33.6 Å². The maximum Gasteiger partial charge on any atom is 0.110 e. The van der Waals surface area contributed by atoms with Gasteiger partial charge in [-0.3, -0.25) is 4.90 Å². The molecule has 0 N–H and O–H groups in total. The number of thiazole rings is 1. The number of nitrogens with zero attached hydrogens (tertiary/aromatic N) is 2. The van der Waals surface area contributed by atoms with Crippen LogP contribution in [-0.2, 0) is 5.88 Å². The van der Waals surface area contributed by atoms with Gasteiger partial charge in [0.05, 0.1) is 17.6 Å². The van der Waals surface area contributed by atoms with E-state index in [2.05, 4.69) is 31.1 Å². The summed E-state index contributed by atoms with van der Waals surface area (Å²) in [6.07, 6.45) is 6.63. The predicted octanol–water partition coefficient (Wildman–Crippen LogP) is 5.23. The first-order valence-corrected chi connectivity index (χ1v) is 9.33. The number of alkyl halides is 1. The fourth-order valence-corrected chi connectivity index (χ4v) is 4.53. The molecule has 1 aromatic rings. The van der Waals surface area contributed by atoms with Crippen molar-refractivity contribution in [1.29, 1.82) is 0 Å². The van der Waals surface area contributed by atoms with Crippen LogP contribution in [-0.4, -0.2) is 22.5 Å². The third-order valence-electron chi connectivity index (χ3n) is 4.15. The molecule has 0 spiro atoms. The van der Waals surface area contributed by atoms with Crippen LogP contribution in [0.4, 0.5) is 0 Å². The Morgan fingerprint density at radius 3 is 2.60 bits per heavy atom. The highest BCUT2D eigenvalue weighted by Crippen LogP contribution is 2.35. The van der Waals surface area contributed by atoms with Crippen molar-refractivity contribution in [2.45, 2.75) is 70.8 Å². The van der Waals surface area contributed by atoms with E-state index in [1.807, 2.05) is 0 Å². The molecule has 0 aliphatic heterocycles. The van der Waals surface area contributed by atoms with E-state index in [9.17, 15) is 0 Å². The first kappa shape index (κ1) is 16.3. The lowest BCUT2D eigenvalue weighted by atomic mass is 10.1. The standard InChI is InChI=1S/C16H27ClN2S/c1-4-15(16-18-13(9-17)11-20-16)19(10-12(2)3)14-7-5-6-8-14/h11-12,14-15H,4-10H2,1-3H3. The Hall–Kier alpha value is -0.120. The molecule has 1 atom stereocenters. The molecule has 4 heteroatoms. The normalized spacial score (nSPS) is 18.3. The smallest absolute Gasteiger partial charge is 0.110 e. The molecule has 0 bridgehead atoms. The van der Waals surface area contributed by atoms with Crippen molar-refractivity contribution in [2.24, 2.45) is 5.92 Å². The Morgan fingerprint density at radius 1 is 1.40 bits per heavy atom. The number of rotatable bonds is 7. The second-order valence-corrected chi connectivity index (χ2v) is 7.42. The van der Waals surface area contributed by atoms with E-state index in [1.165, 1.54) is 37.2 Å². The Kier molecular flexibility index (Phi) is 6.31. The molecule has 1 saturated carbocycles. The summed E-state index contributed by atoms with van der Waals surface area (Å²) in [6.45, 7) is 8.11. The molecule has 20 heavy (non-hydrogen) atoms. The average Bonchev–Trinajstić information content (AvgIpc) is 3.09. The molecular weight excluding hydrogens is 288 g/mol. The molecule has 1 aliphatic rings. The van der Waals surface area contributed by atoms with Crippen LogP contribution in [0.2, 0.25) is 0 Å². The van der Waals surface area contributed by atoms with Gasteiger partial charge in [-0.05, 0) is 25.2 Å². The van der Waals surface area contributed by atoms with E-state index in [4.69, 9.17) is 16.6 Å². The quantitative estimate of drug-likeness (QED) is 0.640. The monoisotopic (exact) mass is 314 g/mol. The van der Waals surface area contributed by atoms with Gasteiger partial charge in [0.25, 0.3) is 0 Å². The molecule has 1 unspecified atom stereocenters. The number of hydrogen-bond donors (Lipinski definition) is 0. The Bertz CT molecular complexity index is 399. The Balaban J connectivity index is 2.18. The first-order chi connectivity index (χ1) is 9.65. The molecule has 1 heterocycles. The highest BCUT2D eigenvalue weighted by Gasteiger charge is 2.30. The second kappa shape index (κ2) is 7.77. The fourth-order valence-electron chi connectivity index (χ4n) is 3.28. The summed E-state index contributed by atoms with van der Waals surface area (Å²) in [7, 11) is 0. The fraction of sp³-hybridized carbons (Fsp3) is 0.812. The number of aromatic nitrogens is 1. The van der Waals surface area contributed by atoms with Crippen LogP contribution in [0.5, 0.6) is 0 Å². The molecule has 0 saturated heterocycles. The molecular formula is C16H27ClN2S. The molecule has 2 nitrogen and oxygen atoms in total. The van der Waals surface area contributed by atoms with E-state index >= 15 is 0 Å². The van der Waals surface area contributed by atoms with Crippen molar-refractivity contribution in [2.75, 3.05) is 6.54 Å². The Morgan fingerprint density at radius 2 is 2.10 bits per heavy atom. The maximum atomic E-state index is 5.91. The molecule has 114 valence electrons. The van der Waals surface area contributed by atoms with Crippen molar-refractivity contribution >= 4 is 22.9 Å². The Labute approximate surface area is 132 Å². The highest BCUT2D eigenvalue weighted by molar-refractivity contribution is 7.09. The van der Waals surface area contributed by atoms with E-state index in [0.29, 0.717) is 17.8 Å². The summed E-state index contributed by atoms with van der Waals surface area (Å²) in [4.78, 5) is 7.48. The first-order valence-electron chi connectivity index (χ1n) is 7.91. The van der Waals surface area contributed by atoms with E-state index in [-0.39, 0.29) is 0 Å². The molecule has 0 radical (unpaired) electrons. The minimum Gasteiger partial charge on any atom is -0.291 e. The van der Waals surface area contributed by atoms with Crippen LogP contribution in [0.1, 0.15) is 69.6 Å². The largest absolute Gasteiger partial charge is 0.291 e. The van der Waals surface area contributed by atoms with Crippen LogP contribution in [0.25, 0.3) is 0 Å². The number of hydrogen-bond acceptors (Lipinski definition) is 3. The lowest BCUT2D eigenvalue weighted by Gasteiger charge is -2.36. The van der Waals surface area contributed by atoms with Crippen LogP contribution in [0.3, 0.4) is 0 Å². The summed E-state index contributed by atoms with van der Waals surface area (Å²) in [6, 6.07) is 1.23. The molecule has 0 aromatic carbocycles. The minimum absolute atomic E-state index is 0.475. The zero-order chi connectivity index (χ0) is 14.5. The third-order valence-corrected chi connectivity index (χ3v) is 5.42. The molecule has 1 aliphatic carbocycles. The maximum absolute atomic E-state index is 5.91. The van der Waals surface area contributed by atoms with E-state index in [1.54, 1.807) is 11.3 Å². The van der Waals surface area contributed by atoms with Gasteiger partial charge in [-0.15, -0.1) is 22.9 Å². The van der Waals surface area contributed by atoms with Gasteiger partial charge < -0.3 is 0 Å². The number of halogens is 1. The van der Waals surface area contributed by atoms with Gasteiger partial charge in [-0.25, -0.2) is 4.98 Å². The van der Waals surface area contributed by atoms with Gasteiger partial charge >= 0.3 is 0 Å². The molecule has 1 aromatic heterocycles. The predicted molar refractivity (Wildman–Crippen MR) is 88.5 cm³/mol. The molecule has 1 fully saturated rings. The zero-order valence-corrected chi connectivity index (χ0v) is 14.5. The van der Waals surface area contributed by atoms with Gasteiger partial charge in [0.2, 0.25) is 0 Å². The van der Waals surface area contributed by atoms with Crippen molar-refractivity contribution in [3.8, 4) is 0 Å². The van der Waals surface area contributed by atoms with Gasteiger partial charge in [0.1, 0.15) is 5.01 Å². The van der Waals surface area contributed by atoms with Gasteiger partial charge in [0.15, 0.2) is 0 Å². The lowest BCUT2D eigenvalue weighted by molar-refractivity contribution is 0.114. The topological polar surface area (TPSA) is 16.1 Å². The summed E-state index contributed by atoms with van der Waals surface area (Å²) >= 11 is 7.69. The summed E-state index contributed by atoms with van der Waals surface area (Å²) in [5, 5.41) is 3.38. The molecule has 2 rings (SSSR count). The van der Waals surface area contributed by atoms with Crippen molar-refractivity contribution in [3.63, 3.8) is 0 Å². The van der Waals surface area contributed by atoms with Crippen molar-refractivity contribution in [1.82, 2.24) is 9.88 Å². The second-order valence-electron chi connectivity index (χ2n) is 6.26. The highest BCUT2D eigenvalue weighted by atomic mass is 35.5. The van der Waals surface area contributed by atoms with Crippen molar-refractivity contribution in [3.05, 3.63) is 16.1 Å². The summed E-state index contributed by atoms with van der Waals surface area (Å²) in [5.74, 6) is 1.23. The minimum atomic E-state index is 0.475. The lowest BCUT2D eigenvalue weighted by Crippen LogP contribution is -2.39. The van der Waals surface area contributed by atoms with Crippen LogP contribution in [0.15, 0.2) is 5.38 Å². The van der Waals surface area contributed by atoms with Crippen LogP contribution in [0, 0.1) is 5.92 Å². The average molecular weight is 315 g/mol. The SMILES string of the molecule is CCC(c1nc(CCl)cs1)N(CC(C)C)C1CCCC1. The van der Waals surface area contributed by atoms with Crippen LogP contribution >= 0.6 is 22.9 Å². The van der Waals surface area contributed by atoms with Gasteiger partial charge in [-0.2, -0.15) is 0 Å². The van der Waals surface area contributed by atoms with Crippen molar-refractivity contribution < 1.29 is 0 Å².